The van der Waals surface area contributed by atoms with E-state index in [0.29, 0.717) is 38.7 Å². The first kappa shape index (κ1) is 18.7. The number of piperazine rings is 1. The molecule has 21 heavy (non-hydrogen) atoms. The quantitative estimate of drug-likeness (QED) is 0.734. The number of nitrogens with one attached hydrogen (secondary N) is 1. The second-order valence-corrected chi connectivity index (χ2v) is 6.09. The Kier molecular flexibility index (Phi) is 7.94. The maximum Gasteiger partial charge on any atom is 0.401 e. The first-order chi connectivity index (χ1) is 9.81. The van der Waals surface area contributed by atoms with E-state index in [4.69, 9.17) is 4.74 Å². The minimum Gasteiger partial charge on any atom is -0.383 e. The van der Waals surface area contributed by atoms with E-state index in [2.05, 4.69) is 24.1 Å². The number of hydrogen-bond acceptors (Lipinski definition) is 4. The maximum absolute atomic E-state index is 12.4. The van der Waals surface area contributed by atoms with Crippen molar-refractivity contribution in [2.45, 2.75) is 26.1 Å². The number of methoxy groups -OCH3 is 1. The minimum atomic E-state index is -4.10. The van der Waals surface area contributed by atoms with Gasteiger partial charge in [-0.2, -0.15) is 13.2 Å². The number of nitrogens with zero attached hydrogens (tertiary/aromatic N) is 2. The highest BCUT2D eigenvalue weighted by Crippen LogP contribution is 2.18. The third kappa shape index (κ3) is 7.99. The molecule has 0 aromatic heterocycles. The van der Waals surface area contributed by atoms with E-state index in [1.54, 1.807) is 7.11 Å². The third-order valence-electron chi connectivity index (χ3n) is 3.62. The largest absolute Gasteiger partial charge is 0.401 e. The SMILES string of the molecule is COCC(CNCC(C)C)N1CCN(CC(F)(F)F)CC1. The van der Waals surface area contributed by atoms with Gasteiger partial charge in [0.1, 0.15) is 0 Å². The normalized spacial score (nSPS) is 20.1. The molecule has 1 saturated heterocycles. The fourth-order valence-electron chi connectivity index (χ4n) is 2.56. The lowest BCUT2D eigenvalue weighted by atomic mass is 10.2. The molecule has 0 aromatic rings. The molecule has 1 aliphatic rings. The van der Waals surface area contributed by atoms with Crippen molar-refractivity contribution in [1.29, 1.82) is 0 Å². The molecular formula is C14H28F3N3O. The smallest absolute Gasteiger partial charge is 0.383 e. The first-order valence-corrected chi connectivity index (χ1v) is 7.54. The van der Waals surface area contributed by atoms with Crippen LogP contribution in [0.15, 0.2) is 0 Å². The molecule has 0 amide bonds. The summed E-state index contributed by atoms with van der Waals surface area (Å²) in [5, 5.41) is 3.40. The van der Waals surface area contributed by atoms with Gasteiger partial charge in [0.2, 0.25) is 0 Å². The van der Waals surface area contributed by atoms with Crippen LogP contribution in [0.5, 0.6) is 0 Å². The Morgan fingerprint density at radius 1 is 1.10 bits per heavy atom. The van der Waals surface area contributed by atoms with Crippen molar-refractivity contribution in [1.82, 2.24) is 15.1 Å². The summed E-state index contributed by atoms with van der Waals surface area (Å²) in [4.78, 5) is 3.70. The van der Waals surface area contributed by atoms with E-state index in [-0.39, 0.29) is 6.04 Å². The van der Waals surface area contributed by atoms with Crippen molar-refractivity contribution in [2.75, 3.05) is 59.5 Å². The predicted molar refractivity (Wildman–Crippen MR) is 77.4 cm³/mol. The van der Waals surface area contributed by atoms with Gasteiger partial charge in [-0.25, -0.2) is 0 Å². The molecule has 1 rings (SSSR count). The van der Waals surface area contributed by atoms with Crippen LogP contribution in [-0.4, -0.2) is 81.5 Å². The summed E-state index contributed by atoms with van der Waals surface area (Å²) >= 11 is 0. The van der Waals surface area contributed by atoms with Gasteiger partial charge in [-0.15, -0.1) is 0 Å². The van der Waals surface area contributed by atoms with Gasteiger partial charge in [-0.1, -0.05) is 13.8 Å². The molecule has 4 nitrogen and oxygen atoms in total. The molecule has 0 spiro atoms. The van der Waals surface area contributed by atoms with E-state index < -0.39 is 12.7 Å². The van der Waals surface area contributed by atoms with E-state index in [0.717, 1.165) is 13.1 Å². The van der Waals surface area contributed by atoms with Crippen LogP contribution >= 0.6 is 0 Å². The van der Waals surface area contributed by atoms with Crippen LogP contribution in [0, 0.1) is 5.92 Å². The zero-order valence-electron chi connectivity index (χ0n) is 13.2. The molecule has 1 atom stereocenters. The number of rotatable bonds is 8. The highest BCUT2D eigenvalue weighted by Gasteiger charge is 2.33. The van der Waals surface area contributed by atoms with Crippen molar-refractivity contribution in [2.24, 2.45) is 5.92 Å². The fourth-order valence-corrected chi connectivity index (χ4v) is 2.56. The molecule has 1 aliphatic heterocycles. The van der Waals surface area contributed by atoms with Crippen LogP contribution in [0.25, 0.3) is 0 Å². The van der Waals surface area contributed by atoms with E-state index >= 15 is 0 Å². The molecule has 1 unspecified atom stereocenters. The summed E-state index contributed by atoms with van der Waals surface area (Å²) in [6.07, 6.45) is -4.10. The Morgan fingerprint density at radius 3 is 2.19 bits per heavy atom. The summed E-state index contributed by atoms with van der Waals surface area (Å²) in [6, 6.07) is 0.224. The van der Waals surface area contributed by atoms with Crippen LogP contribution in [0.4, 0.5) is 13.2 Å². The monoisotopic (exact) mass is 311 g/mol. The average Bonchev–Trinajstić information content (AvgIpc) is 2.36. The molecule has 1 N–H and O–H groups in total. The Hall–Kier alpha value is -0.370. The summed E-state index contributed by atoms with van der Waals surface area (Å²) in [6.45, 7) is 8.09. The Balaban J connectivity index is 2.36. The molecule has 0 aliphatic carbocycles. The number of alkyl halides is 3. The second-order valence-electron chi connectivity index (χ2n) is 6.09. The van der Waals surface area contributed by atoms with Gasteiger partial charge in [0.05, 0.1) is 13.2 Å². The van der Waals surface area contributed by atoms with Crippen molar-refractivity contribution in [3.63, 3.8) is 0 Å². The number of halogens is 3. The topological polar surface area (TPSA) is 27.7 Å². The van der Waals surface area contributed by atoms with Gasteiger partial charge in [0.15, 0.2) is 0 Å². The van der Waals surface area contributed by atoms with Crippen molar-refractivity contribution in [3.8, 4) is 0 Å². The van der Waals surface area contributed by atoms with Crippen LogP contribution in [-0.2, 0) is 4.74 Å². The molecule has 1 fully saturated rings. The van der Waals surface area contributed by atoms with Gasteiger partial charge in [-0.05, 0) is 12.5 Å². The molecule has 1 heterocycles. The van der Waals surface area contributed by atoms with Gasteiger partial charge < -0.3 is 10.1 Å². The lowest BCUT2D eigenvalue weighted by molar-refractivity contribution is -0.150. The van der Waals surface area contributed by atoms with Gasteiger partial charge in [-0.3, -0.25) is 9.80 Å². The fraction of sp³-hybridized carbons (Fsp3) is 1.00. The van der Waals surface area contributed by atoms with Crippen LogP contribution in [0.2, 0.25) is 0 Å². The molecule has 0 aromatic carbocycles. The number of hydrogen-bond donors (Lipinski definition) is 1. The van der Waals surface area contributed by atoms with Crippen LogP contribution < -0.4 is 5.32 Å². The average molecular weight is 311 g/mol. The standard InChI is InChI=1S/C14H28F3N3O/c1-12(2)8-18-9-13(10-21-3)20-6-4-19(5-7-20)11-14(15,16)17/h12-13,18H,4-11H2,1-3H3. The summed E-state index contributed by atoms with van der Waals surface area (Å²) in [7, 11) is 1.66. The highest BCUT2D eigenvalue weighted by molar-refractivity contribution is 4.81. The lowest BCUT2D eigenvalue weighted by Gasteiger charge is -2.39. The van der Waals surface area contributed by atoms with Crippen molar-refractivity contribution < 1.29 is 17.9 Å². The Bertz CT molecular complexity index is 279. The molecule has 7 heteroatoms. The van der Waals surface area contributed by atoms with E-state index in [1.165, 1.54) is 4.90 Å². The Morgan fingerprint density at radius 2 is 1.71 bits per heavy atom. The maximum atomic E-state index is 12.4. The lowest BCUT2D eigenvalue weighted by Crippen LogP contribution is -2.55. The second kappa shape index (κ2) is 8.92. The summed E-state index contributed by atoms with van der Waals surface area (Å²) in [5.41, 5.74) is 0. The summed E-state index contributed by atoms with van der Waals surface area (Å²) in [5.74, 6) is 0.580. The predicted octanol–water partition coefficient (Wildman–Crippen LogP) is 1.43. The van der Waals surface area contributed by atoms with Gasteiger partial charge in [0.25, 0.3) is 0 Å². The van der Waals surface area contributed by atoms with Crippen LogP contribution in [0.3, 0.4) is 0 Å². The van der Waals surface area contributed by atoms with Gasteiger partial charge in [0, 0.05) is 45.9 Å². The van der Waals surface area contributed by atoms with Gasteiger partial charge >= 0.3 is 6.18 Å². The highest BCUT2D eigenvalue weighted by atomic mass is 19.4. The first-order valence-electron chi connectivity index (χ1n) is 7.54. The zero-order valence-corrected chi connectivity index (χ0v) is 13.2. The van der Waals surface area contributed by atoms with Crippen molar-refractivity contribution in [3.05, 3.63) is 0 Å². The molecule has 0 bridgehead atoms. The molecule has 126 valence electrons. The minimum absolute atomic E-state index is 0.224. The van der Waals surface area contributed by atoms with E-state index in [9.17, 15) is 13.2 Å². The number of ether oxygens (including phenoxy) is 1. The Labute approximate surface area is 125 Å². The zero-order chi connectivity index (χ0) is 15.9. The van der Waals surface area contributed by atoms with E-state index in [1.807, 2.05) is 0 Å². The molecular weight excluding hydrogens is 283 g/mol. The van der Waals surface area contributed by atoms with Crippen molar-refractivity contribution >= 4 is 0 Å². The van der Waals surface area contributed by atoms with Crippen LogP contribution in [0.1, 0.15) is 13.8 Å². The molecule has 0 radical (unpaired) electrons. The third-order valence-corrected chi connectivity index (χ3v) is 3.62. The summed E-state index contributed by atoms with van der Waals surface area (Å²) < 4.78 is 42.4. The molecule has 0 saturated carbocycles.